The molecule has 402 valence electrons. The monoisotopic (exact) mass is 974 g/mol. The molecule has 0 atom stereocenters. The van der Waals surface area contributed by atoms with Gasteiger partial charge in [0.15, 0.2) is 12.6 Å². The van der Waals surface area contributed by atoms with E-state index in [0.29, 0.717) is 64.7 Å². The highest BCUT2D eigenvalue weighted by Crippen LogP contribution is 2.24. The van der Waals surface area contributed by atoms with Crippen molar-refractivity contribution >= 4 is 11.9 Å². The van der Waals surface area contributed by atoms with Gasteiger partial charge in [0.1, 0.15) is 0 Å². The van der Waals surface area contributed by atoms with E-state index in [0.717, 1.165) is 154 Å². The van der Waals surface area contributed by atoms with E-state index in [1.54, 1.807) is 0 Å². The van der Waals surface area contributed by atoms with Gasteiger partial charge in [0.05, 0.1) is 19.8 Å². The summed E-state index contributed by atoms with van der Waals surface area (Å²) in [5.41, 5.74) is 0. The standard InChI is InChI=1S/C59H107NO9/c1-5-9-13-17-21-34-48-64-58(65-49-35-22-18-14-10-6-2)43-30-28-41-56(62)68-52-54(38-32-33-45-60(46-47-61)55-39-26-25-27-40-55)53-69-57(63)42-29-31-44-59(66-50-36-23-19-15-11-7-3)67-51-37-24-20-16-12-8-4/h9-16,54-55,58-59,61H,5-8,17-53H2,1-4H3/b13-9-,14-10-,15-11-,16-12-. The molecule has 10 heteroatoms. The Morgan fingerprint density at radius 2 is 0.870 bits per heavy atom. The molecule has 0 aromatic carbocycles. The van der Waals surface area contributed by atoms with Crippen LogP contribution >= 0.6 is 0 Å². The SMILES string of the molecule is CC/C=C\CCCCOC(CCCCC(=O)OCC(CCCCN(CCO)C1CCCCC1)COC(=O)CCCCC(OCCCC/C=C\CC)OCCCC/C=C\CC)OCCCC/C=C\CC. The van der Waals surface area contributed by atoms with E-state index in [1.807, 2.05) is 0 Å². The van der Waals surface area contributed by atoms with Gasteiger partial charge in [-0.25, -0.2) is 0 Å². The van der Waals surface area contributed by atoms with Gasteiger partial charge in [-0.15, -0.1) is 0 Å². The lowest BCUT2D eigenvalue weighted by Gasteiger charge is -2.34. The molecule has 1 N–H and O–H groups in total. The van der Waals surface area contributed by atoms with Gasteiger partial charge in [-0.1, -0.05) is 102 Å². The number of unbranched alkanes of at least 4 members (excludes halogenated alkanes) is 11. The van der Waals surface area contributed by atoms with Crippen LogP contribution in [-0.4, -0.2) is 99.9 Å². The lowest BCUT2D eigenvalue weighted by molar-refractivity contribution is -0.152. The van der Waals surface area contributed by atoms with Crippen LogP contribution in [0.2, 0.25) is 0 Å². The largest absolute Gasteiger partial charge is 0.465 e. The number of esters is 2. The Balaban J connectivity index is 2.69. The summed E-state index contributed by atoms with van der Waals surface area (Å²) in [6.07, 6.45) is 48.5. The molecule has 0 aromatic heterocycles. The fraction of sp³-hybridized carbons (Fsp3) is 0.831. The van der Waals surface area contributed by atoms with Crippen LogP contribution in [0.5, 0.6) is 0 Å². The smallest absolute Gasteiger partial charge is 0.305 e. The van der Waals surface area contributed by atoms with E-state index < -0.39 is 0 Å². The van der Waals surface area contributed by atoms with Gasteiger partial charge in [0.25, 0.3) is 0 Å². The van der Waals surface area contributed by atoms with Gasteiger partial charge >= 0.3 is 11.9 Å². The van der Waals surface area contributed by atoms with Crippen molar-refractivity contribution in [3.8, 4) is 0 Å². The summed E-state index contributed by atoms with van der Waals surface area (Å²) in [4.78, 5) is 28.6. The number of ether oxygens (including phenoxy) is 6. The van der Waals surface area contributed by atoms with E-state index in [9.17, 15) is 14.7 Å². The summed E-state index contributed by atoms with van der Waals surface area (Å²) >= 11 is 0. The number of allylic oxidation sites excluding steroid dienone is 8. The fourth-order valence-electron chi connectivity index (χ4n) is 8.62. The zero-order chi connectivity index (χ0) is 49.9. The first-order valence-electron chi connectivity index (χ1n) is 28.7. The second kappa shape index (κ2) is 50.6. The Hall–Kier alpha value is -2.34. The second-order valence-corrected chi connectivity index (χ2v) is 19.1. The van der Waals surface area contributed by atoms with Crippen molar-refractivity contribution < 1.29 is 43.1 Å². The summed E-state index contributed by atoms with van der Waals surface area (Å²) in [6.45, 7) is 13.7. The quantitative estimate of drug-likeness (QED) is 0.0274. The van der Waals surface area contributed by atoms with E-state index in [-0.39, 0.29) is 50.3 Å². The van der Waals surface area contributed by atoms with Crippen molar-refractivity contribution in [1.82, 2.24) is 4.90 Å². The molecular formula is C59H107NO9. The van der Waals surface area contributed by atoms with Crippen molar-refractivity contribution in [3.63, 3.8) is 0 Å². The van der Waals surface area contributed by atoms with Crippen molar-refractivity contribution in [2.45, 2.75) is 252 Å². The average Bonchev–Trinajstić information content (AvgIpc) is 3.36. The van der Waals surface area contributed by atoms with Crippen molar-refractivity contribution in [2.24, 2.45) is 5.92 Å². The molecule has 1 fully saturated rings. The first-order valence-corrected chi connectivity index (χ1v) is 28.7. The van der Waals surface area contributed by atoms with Gasteiger partial charge in [-0.05, 0) is 173 Å². The molecule has 0 heterocycles. The van der Waals surface area contributed by atoms with Gasteiger partial charge in [0, 0.05) is 57.8 Å². The third-order valence-corrected chi connectivity index (χ3v) is 12.8. The first-order chi connectivity index (χ1) is 34.0. The van der Waals surface area contributed by atoms with Gasteiger partial charge in [-0.3, -0.25) is 14.5 Å². The molecule has 0 aliphatic heterocycles. The molecule has 10 nitrogen and oxygen atoms in total. The molecule has 69 heavy (non-hydrogen) atoms. The zero-order valence-corrected chi connectivity index (χ0v) is 45.1. The van der Waals surface area contributed by atoms with Gasteiger partial charge < -0.3 is 33.5 Å². The van der Waals surface area contributed by atoms with Crippen LogP contribution in [-0.2, 0) is 38.0 Å². The third-order valence-electron chi connectivity index (χ3n) is 12.8. The average molecular weight is 975 g/mol. The van der Waals surface area contributed by atoms with Crippen LogP contribution in [0.1, 0.15) is 233 Å². The summed E-state index contributed by atoms with van der Waals surface area (Å²) < 4.78 is 36.5. The van der Waals surface area contributed by atoms with Crippen LogP contribution in [0.3, 0.4) is 0 Å². The molecule has 0 unspecified atom stereocenters. The van der Waals surface area contributed by atoms with Crippen molar-refractivity contribution in [3.05, 3.63) is 48.6 Å². The molecule has 0 aromatic rings. The fourth-order valence-corrected chi connectivity index (χ4v) is 8.62. The predicted molar refractivity (Wildman–Crippen MR) is 286 cm³/mol. The Morgan fingerprint density at radius 1 is 0.478 bits per heavy atom. The summed E-state index contributed by atoms with van der Waals surface area (Å²) in [7, 11) is 0. The van der Waals surface area contributed by atoms with Crippen molar-refractivity contribution in [1.29, 1.82) is 0 Å². The van der Waals surface area contributed by atoms with Crippen LogP contribution in [0, 0.1) is 5.92 Å². The Bertz CT molecular complexity index is 1120. The van der Waals surface area contributed by atoms with Crippen LogP contribution < -0.4 is 0 Å². The number of carbonyl (C=O) groups excluding carboxylic acids is 2. The lowest BCUT2D eigenvalue weighted by Crippen LogP contribution is -2.39. The molecule has 0 radical (unpaired) electrons. The summed E-state index contributed by atoms with van der Waals surface area (Å²) in [6, 6.07) is 0.553. The van der Waals surface area contributed by atoms with E-state index >= 15 is 0 Å². The maximum absolute atomic E-state index is 13.1. The van der Waals surface area contributed by atoms with E-state index in [4.69, 9.17) is 28.4 Å². The summed E-state index contributed by atoms with van der Waals surface area (Å²) in [5, 5.41) is 9.79. The second-order valence-electron chi connectivity index (χ2n) is 19.1. The van der Waals surface area contributed by atoms with Crippen LogP contribution in [0.4, 0.5) is 0 Å². The Morgan fingerprint density at radius 3 is 1.25 bits per heavy atom. The number of aliphatic hydroxyl groups is 1. The highest BCUT2D eigenvalue weighted by atomic mass is 16.7. The Labute approximate surface area is 424 Å². The van der Waals surface area contributed by atoms with E-state index in [2.05, 4.69) is 81.2 Å². The predicted octanol–water partition coefficient (Wildman–Crippen LogP) is 14.9. The van der Waals surface area contributed by atoms with Crippen LogP contribution in [0.25, 0.3) is 0 Å². The first kappa shape index (κ1) is 64.7. The molecule has 1 rings (SSSR count). The molecule has 1 aliphatic rings. The normalized spacial score (nSPS) is 13.9. The number of hydrogen-bond donors (Lipinski definition) is 1. The lowest BCUT2D eigenvalue weighted by atomic mass is 9.94. The highest BCUT2D eigenvalue weighted by molar-refractivity contribution is 5.69. The molecule has 1 aliphatic carbocycles. The van der Waals surface area contributed by atoms with Gasteiger partial charge in [-0.2, -0.15) is 0 Å². The molecule has 0 spiro atoms. The maximum atomic E-state index is 13.1. The molecule has 0 bridgehead atoms. The minimum atomic E-state index is -0.257. The molecule has 0 amide bonds. The minimum absolute atomic E-state index is 0.0684. The number of carbonyl (C=O) groups is 2. The molecular weight excluding hydrogens is 867 g/mol. The van der Waals surface area contributed by atoms with E-state index in [1.165, 1.54) is 32.1 Å². The number of nitrogens with zero attached hydrogens (tertiary/aromatic N) is 1. The molecule has 1 saturated carbocycles. The maximum Gasteiger partial charge on any atom is 0.305 e. The molecule has 0 saturated heterocycles. The third kappa shape index (κ3) is 41.9. The highest BCUT2D eigenvalue weighted by Gasteiger charge is 2.21. The topological polar surface area (TPSA) is 113 Å². The number of hydrogen-bond acceptors (Lipinski definition) is 10. The minimum Gasteiger partial charge on any atom is -0.465 e. The number of aliphatic hydroxyl groups excluding tert-OH is 1. The zero-order valence-electron chi connectivity index (χ0n) is 45.1. The van der Waals surface area contributed by atoms with Gasteiger partial charge in [0.2, 0.25) is 0 Å². The van der Waals surface area contributed by atoms with Crippen LogP contribution in [0.15, 0.2) is 48.6 Å². The van der Waals surface area contributed by atoms with Crippen molar-refractivity contribution in [2.75, 3.05) is 59.3 Å². The summed E-state index contributed by atoms with van der Waals surface area (Å²) in [5.74, 6) is -0.491. The number of rotatable bonds is 50. The Kier molecular flexibility index (Phi) is 47.4.